The Morgan fingerprint density at radius 2 is 1.90 bits per heavy atom. The first kappa shape index (κ1) is 23.1. The molecule has 29 heavy (non-hydrogen) atoms. The fraction of sp³-hybridized carbons (Fsp3) is 0.500. The predicted molar refractivity (Wildman–Crippen MR) is 109 cm³/mol. The highest BCUT2D eigenvalue weighted by molar-refractivity contribution is 7.89. The number of rotatable bonds is 9. The first-order chi connectivity index (χ1) is 13.8. The molecular formula is C20H28N2O6S. The molecule has 0 aliphatic carbocycles. The number of carbonyl (C=O) groups is 2. The van der Waals surface area contributed by atoms with Crippen molar-refractivity contribution in [1.29, 1.82) is 0 Å². The van der Waals surface area contributed by atoms with Crippen LogP contribution in [0, 0.1) is 0 Å². The average Bonchev–Trinajstić information content (AvgIpc) is 2.72. The van der Waals surface area contributed by atoms with Crippen molar-refractivity contribution < 1.29 is 27.5 Å². The van der Waals surface area contributed by atoms with E-state index in [1.54, 1.807) is 12.1 Å². The highest BCUT2D eigenvalue weighted by atomic mass is 32.2. The second kappa shape index (κ2) is 11.1. The van der Waals surface area contributed by atoms with Gasteiger partial charge in [0, 0.05) is 25.2 Å². The number of nitrogens with one attached hydrogen (secondary N) is 1. The molecule has 0 unspecified atom stereocenters. The molecule has 9 heteroatoms. The maximum Gasteiger partial charge on any atom is 0.331 e. The zero-order chi connectivity index (χ0) is 21.3. The van der Waals surface area contributed by atoms with Gasteiger partial charge in [-0.05, 0) is 37.1 Å². The van der Waals surface area contributed by atoms with Crippen LogP contribution in [0.2, 0.25) is 0 Å². The van der Waals surface area contributed by atoms with E-state index in [1.165, 1.54) is 28.6 Å². The van der Waals surface area contributed by atoms with E-state index in [1.807, 2.05) is 13.8 Å². The average molecular weight is 425 g/mol. The Balaban J connectivity index is 1.86. The van der Waals surface area contributed by atoms with Crippen molar-refractivity contribution in [3.8, 4) is 0 Å². The summed E-state index contributed by atoms with van der Waals surface area (Å²) >= 11 is 0. The third-order valence-corrected chi connectivity index (χ3v) is 6.29. The van der Waals surface area contributed by atoms with Crippen LogP contribution < -0.4 is 5.32 Å². The minimum atomic E-state index is -3.55. The highest BCUT2D eigenvalue weighted by Gasteiger charge is 2.25. The number of sulfonamides is 1. The Hall–Kier alpha value is -2.23. The van der Waals surface area contributed by atoms with E-state index in [9.17, 15) is 18.0 Å². The standard InChI is InChI=1S/C20H28N2O6S/c1-3-4-16(2)21-19(23)15-28-20(24)10-7-17-5-8-18(9-6-17)29(25,26)22-11-13-27-14-12-22/h5-10,16H,3-4,11-15H2,1-2H3,(H,21,23)/b10-7+/t16-/m1/s1. The summed E-state index contributed by atoms with van der Waals surface area (Å²) in [5.74, 6) is -0.987. The third-order valence-electron chi connectivity index (χ3n) is 4.37. The molecule has 160 valence electrons. The van der Waals surface area contributed by atoms with E-state index >= 15 is 0 Å². The van der Waals surface area contributed by atoms with E-state index < -0.39 is 16.0 Å². The fourth-order valence-electron chi connectivity index (χ4n) is 2.86. The van der Waals surface area contributed by atoms with Gasteiger partial charge in [-0.2, -0.15) is 4.31 Å². The maximum absolute atomic E-state index is 12.6. The van der Waals surface area contributed by atoms with E-state index in [4.69, 9.17) is 9.47 Å². The Morgan fingerprint density at radius 1 is 1.24 bits per heavy atom. The first-order valence-corrected chi connectivity index (χ1v) is 11.1. The van der Waals surface area contributed by atoms with Crippen molar-refractivity contribution in [2.45, 2.75) is 37.6 Å². The zero-order valence-electron chi connectivity index (χ0n) is 16.8. The van der Waals surface area contributed by atoms with E-state index in [-0.39, 0.29) is 23.5 Å². The number of nitrogens with zero attached hydrogens (tertiary/aromatic N) is 1. The molecule has 0 aromatic heterocycles. The number of hydrogen-bond acceptors (Lipinski definition) is 6. The molecule has 1 heterocycles. The monoisotopic (exact) mass is 424 g/mol. The molecule has 1 N–H and O–H groups in total. The molecule has 2 rings (SSSR count). The molecular weight excluding hydrogens is 396 g/mol. The van der Waals surface area contributed by atoms with Crippen LogP contribution >= 0.6 is 0 Å². The summed E-state index contributed by atoms with van der Waals surface area (Å²) in [4.78, 5) is 23.6. The number of benzene rings is 1. The van der Waals surface area contributed by atoms with Gasteiger partial charge in [-0.25, -0.2) is 13.2 Å². The van der Waals surface area contributed by atoms with Crippen LogP contribution in [0.25, 0.3) is 6.08 Å². The summed E-state index contributed by atoms with van der Waals surface area (Å²) in [6, 6.07) is 6.25. The van der Waals surface area contributed by atoms with Gasteiger partial charge in [0.05, 0.1) is 18.1 Å². The van der Waals surface area contributed by atoms with Crippen LogP contribution in [0.15, 0.2) is 35.2 Å². The Kier molecular flexibility index (Phi) is 8.81. The molecule has 1 aromatic rings. The van der Waals surface area contributed by atoms with Crippen LogP contribution in [0.5, 0.6) is 0 Å². The van der Waals surface area contributed by atoms with Gasteiger partial charge in [0.25, 0.3) is 5.91 Å². The van der Waals surface area contributed by atoms with Gasteiger partial charge >= 0.3 is 5.97 Å². The van der Waals surface area contributed by atoms with Crippen LogP contribution in [0.1, 0.15) is 32.3 Å². The van der Waals surface area contributed by atoms with Crippen molar-refractivity contribution >= 4 is 28.0 Å². The lowest BCUT2D eigenvalue weighted by atomic mass is 10.2. The van der Waals surface area contributed by atoms with Gasteiger partial charge in [-0.15, -0.1) is 0 Å². The molecule has 0 bridgehead atoms. The van der Waals surface area contributed by atoms with Gasteiger partial charge in [-0.3, -0.25) is 4.79 Å². The van der Waals surface area contributed by atoms with Crippen LogP contribution in [-0.4, -0.2) is 63.6 Å². The van der Waals surface area contributed by atoms with Crippen LogP contribution in [0.4, 0.5) is 0 Å². The molecule has 1 aliphatic rings. The van der Waals surface area contributed by atoms with E-state index in [2.05, 4.69) is 5.32 Å². The van der Waals surface area contributed by atoms with E-state index in [0.29, 0.717) is 31.9 Å². The van der Waals surface area contributed by atoms with Gasteiger partial charge in [0.15, 0.2) is 6.61 Å². The number of ether oxygens (including phenoxy) is 2. The lowest BCUT2D eigenvalue weighted by molar-refractivity contribution is -0.144. The molecule has 1 atom stereocenters. The van der Waals surface area contributed by atoms with Crippen molar-refractivity contribution in [1.82, 2.24) is 9.62 Å². The van der Waals surface area contributed by atoms with Gasteiger partial charge in [0.1, 0.15) is 0 Å². The fourth-order valence-corrected chi connectivity index (χ4v) is 4.27. The summed E-state index contributed by atoms with van der Waals surface area (Å²) in [5.41, 5.74) is 0.642. The molecule has 1 saturated heterocycles. The zero-order valence-corrected chi connectivity index (χ0v) is 17.6. The van der Waals surface area contributed by atoms with Crippen LogP contribution in [0.3, 0.4) is 0 Å². The topological polar surface area (TPSA) is 102 Å². The number of hydrogen-bond donors (Lipinski definition) is 1. The predicted octanol–water partition coefficient (Wildman–Crippen LogP) is 1.57. The van der Waals surface area contributed by atoms with E-state index in [0.717, 1.165) is 12.8 Å². The molecule has 0 saturated carbocycles. The smallest absolute Gasteiger partial charge is 0.331 e. The van der Waals surface area contributed by atoms with Crippen molar-refractivity contribution in [3.05, 3.63) is 35.9 Å². The molecule has 1 aromatic carbocycles. The minimum Gasteiger partial charge on any atom is -0.452 e. The molecule has 1 amide bonds. The summed E-state index contributed by atoms with van der Waals surface area (Å²) in [5, 5.41) is 2.75. The second-order valence-electron chi connectivity index (χ2n) is 6.78. The molecule has 0 radical (unpaired) electrons. The molecule has 1 fully saturated rings. The largest absolute Gasteiger partial charge is 0.452 e. The number of esters is 1. The summed E-state index contributed by atoms with van der Waals surface area (Å²) in [7, 11) is -3.55. The maximum atomic E-state index is 12.6. The third kappa shape index (κ3) is 7.26. The lowest BCUT2D eigenvalue weighted by Gasteiger charge is -2.26. The first-order valence-electron chi connectivity index (χ1n) is 9.65. The summed E-state index contributed by atoms with van der Waals surface area (Å²) < 4.78 is 36.6. The quantitative estimate of drug-likeness (QED) is 0.477. The van der Waals surface area contributed by atoms with Crippen LogP contribution in [-0.2, 0) is 29.1 Å². The van der Waals surface area contributed by atoms with Crippen molar-refractivity contribution in [2.24, 2.45) is 0 Å². The Morgan fingerprint density at radius 3 is 2.52 bits per heavy atom. The molecule has 0 spiro atoms. The summed E-state index contributed by atoms with van der Waals surface area (Å²) in [6.45, 7) is 5.02. The Bertz CT molecular complexity index is 814. The normalized spacial score (nSPS) is 16.5. The Labute approximate surface area is 171 Å². The lowest BCUT2D eigenvalue weighted by Crippen LogP contribution is -2.40. The SMILES string of the molecule is CCC[C@@H](C)NC(=O)COC(=O)/C=C/c1ccc(S(=O)(=O)N2CCOCC2)cc1. The van der Waals surface area contributed by atoms with Gasteiger partial charge in [0.2, 0.25) is 10.0 Å². The number of morpholine rings is 1. The van der Waals surface area contributed by atoms with Gasteiger partial charge in [-0.1, -0.05) is 25.5 Å². The molecule has 8 nitrogen and oxygen atoms in total. The summed E-state index contributed by atoms with van der Waals surface area (Å²) in [6.07, 6.45) is 4.52. The number of carbonyl (C=O) groups excluding carboxylic acids is 2. The van der Waals surface area contributed by atoms with Gasteiger partial charge < -0.3 is 14.8 Å². The highest BCUT2D eigenvalue weighted by Crippen LogP contribution is 2.18. The van der Waals surface area contributed by atoms with Crippen molar-refractivity contribution in [3.63, 3.8) is 0 Å². The minimum absolute atomic E-state index is 0.0361. The molecule has 1 aliphatic heterocycles. The van der Waals surface area contributed by atoms with Crippen molar-refractivity contribution in [2.75, 3.05) is 32.9 Å². The second-order valence-corrected chi connectivity index (χ2v) is 8.72. The number of amides is 1.